The molecular weight excluding hydrogens is 669 g/mol. The number of hydrogen-bond donors (Lipinski definition) is 1. The molecule has 0 aliphatic carbocycles. The Kier molecular flexibility index (Phi) is 21.7. The van der Waals surface area contributed by atoms with Gasteiger partial charge in [0.1, 0.15) is 5.75 Å². The number of methoxy groups -OCH3 is 1. The van der Waals surface area contributed by atoms with Crippen molar-refractivity contribution in [3.05, 3.63) is 48.8 Å². The van der Waals surface area contributed by atoms with E-state index < -0.39 is 0 Å². The van der Waals surface area contributed by atoms with Crippen molar-refractivity contribution < 1.29 is 4.74 Å². The molecule has 0 fully saturated rings. The lowest BCUT2D eigenvalue weighted by molar-refractivity contribution is 0.415. The van der Waals surface area contributed by atoms with Gasteiger partial charge in [0.25, 0.3) is 0 Å². The molecule has 1 aromatic heterocycles. The van der Waals surface area contributed by atoms with E-state index in [0.29, 0.717) is 0 Å². The second-order valence-electron chi connectivity index (χ2n) is 8.37. The van der Waals surface area contributed by atoms with Gasteiger partial charge in [-0.05, 0) is 118 Å². The van der Waals surface area contributed by atoms with Gasteiger partial charge >= 0.3 is 0 Å². The summed E-state index contributed by atoms with van der Waals surface area (Å²) in [6.07, 6.45) is 11.6. The van der Waals surface area contributed by atoms with E-state index in [-0.39, 0.29) is 0 Å². The minimum absolute atomic E-state index is 0.864. The number of para-hydroxylation sites is 1. The first-order valence-corrected chi connectivity index (χ1v) is 14.8. The molecule has 3 nitrogen and oxygen atoms in total. The average molecular weight is 683 g/mol. The van der Waals surface area contributed by atoms with Crippen molar-refractivity contribution in [2.75, 3.05) is 7.11 Å². The van der Waals surface area contributed by atoms with E-state index in [1.54, 1.807) is 13.4 Å². The molecule has 3 rings (SSSR count). The number of H-pyrrole nitrogens is 1. The Bertz CT molecular complexity index is 3030. The lowest BCUT2D eigenvalue weighted by Crippen LogP contribution is -1.83. The first kappa shape index (κ1) is 40.5. The van der Waals surface area contributed by atoms with Gasteiger partial charge in [0.15, 0.2) is 0 Å². The quantitative estimate of drug-likeness (QED) is 0.421. The molecule has 0 bridgehead atoms. The predicted molar refractivity (Wildman–Crippen MR) is 218 cm³/mol. The van der Waals surface area contributed by atoms with E-state index in [9.17, 15) is 0 Å². The van der Waals surface area contributed by atoms with Crippen LogP contribution in [0.15, 0.2) is 48.8 Å². The standard InChI is InChI=1S/C38H2.C14H12N2O/c1-3-5-7-9-11-13-15-17-19-21-23-25-27-29-31-33-35-37-38-36-34-32-30-28-26-24-22-20-18-16-14-12-10-8-6-4-2;1-17-11-7-5-10(6-8-11)12-3-2-4-13-14(12)16-9-15-13/h1-2H;2-9H,1H3,(H,15,16). The number of aromatic amines is 1. The molecule has 2 aromatic carbocycles. The number of ether oxygens (including phenoxy) is 1. The number of fused-ring (bicyclic) bond motifs is 1. The van der Waals surface area contributed by atoms with E-state index in [4.69, 9.17) is 17.6 Å². The van der Waals surface area contributed by atoms with E-state index in [0.717, 1.165) is 27.9 Å². The summed E-state index contributed by atoms with van der Waals surface area (Å²) in [5, 5.41) is 0. The number of terminal acetylenes is 2. The number of aromatic nitrogens is 2. The third-order valence-corrected chi connectivity index (χ3v) is 5.06. The molecule has 0 saturated heterocycles. The number of benzene rings is 2. The monoisotopic (exact) mass is 682 g/mol. The lowest BCUT2D eigenvalue weighted by Gasteiger charge is -2.04. The van der Waals surface area contributed by atoms with Crippen LogP contribution >= 0.6 is 0 Å². The van der Waals surface area contributed by atoms with Crippen molar-refractivity contribution in [1.82, 2.24) is 9.97 Å². The van der Waals surface area contributed by atoms with Crippen LogP contribution in [0.3, 0.4) is 0 Å². The van der Waals surface area contributed by atoms with Crippen LogP contribution < -0.4 is 4.74 Å². The second-order valence-corrected chi connectivity index (χ2v) is 8.37. The molecule has 238 valence electrons. The van der Waals surface area contributed by atoms with Gasteiger partial charge in [0.05, 0.1) is 24.5 Å². The van der Waals surface area contributed by atoms with Crippen molar-refractivity contribution in [3.8, 4) is 243 Å². The van der Waals surface area contributed by atoms with Crippen LogP contribution in [0.25, 0.3) is 22.2 Å². The fourth-order valence-electron chi connectivity index (χ4n) is 3.04. The van der Waals surface area contributed by atoms with Crippen LogP contribution in [-0.2, 0) is 0 Å². The fraction of sp³-hybridized carbons (Fsp3) is 0.0192. The van der Waals surface area contributed by atoms with Crippen LogP contribution in [0, 0.1) is 226 Å². The summed E-state index contributed by atoms with van der Waals surface area (Å²) in [4.78, 5) is 7.47. The van der Waals surface area contributed by atoms with Gasteiger partial charge < -0.3 is 9.72 Å². The topological polar surface area (TPSA) is 37.9 Å². The Labute approximate surface area is 323 Å². The molecule has 0 radical (unpaired) electrons. The zero-order valence-corrected chi connectivity index (χ0v) is 28.6. The maximum Gasteiger partial charge on any atom is 0.118 e. The van der Waals surface area contributed by atoms with E-state index in [1.165, 1.54) is 0 Å². The molecule has 0 aliphatic heterocycles. The van der Waals surface area contributed by atoms with Crippen molar-refractivity contribution in [3.63, 3.8) is 0 Å². The van der Waals surface area contributed by atoms with Crippen LogP contribution in [0.2, 0.25) is 0 Å². The van der Waals surface area contributed by atoms with Crippen LogP contribution in [0.4, 0.5) is 0 Å². The molecule has 3 heteroatoms. The molecule has 0 amide bonds. The molecule has 0 spiro atoms. The summed E-state index contributed by atoms with van der Waals surface area (Å²) >= 11 is 0. The highest BCUT2D eigenvalue weighted by Crippen LogP contribution is 2.27. The molecule has 1 heterocycles. The van der Waals surface area contributed by atoms with Crippen LogP contribution in [-0.4, -0.2) is 17.1 Å². The summed E-state index contributed by atoms with van der Waals surface area (Å²) in [6, 6.07) is 14.1. The number of rotatable bonds is 2. The Morgan fingerprint density at radius 1 is 0.418 bits per heavy atom. The van der Waals surface area contributed by atoms with Gasteiger partial charge in [-0.3, -0.25) is 0 Å². The Balaban J connectivity index is 0.000000500. The minimum Gasteiger partial charge on any atom is -0.497 e. The molecule has 0 aliphatic rings. The second kappa shape index (κ2) is 29.5. The summed E-state index contributed by atoms with van der Waals surface area (Å²) in [6.45, 7) is 0. The van der Waals surface area contributed by atoms with Gasteiger partial charge in [0.2, 0.25) is 0 Å². The average Bonchev–Trinajstić information content (AvgIpc) is 3.71. The highest BCUT2D eigenvalue weighted by Gasteiger charge is 2.05. The summed E-state index contributed by atoms with van der Waals surface area (Å²) in [5.41, 5.74) is 4.32. The largest absolute Gasteiger partial charge is 0.497 e. The highest BCUT2D eigenvalue weighted by molar-refractivity contribution is 5.91. The normalized spacial score (nSPS) is 5.95. The van der Waals surface area contributed by atoms with E-state index in [1.807, 2.05) is 36.4 Å². The van der Waals surface area contributed by atoms with Crippen molar-refractivity contribution in [2.24, 2.45) is 0 Å². The Morgan fingerprint density at radius 2 is 0.727 bits per heavy atom. The minimum atomic E-state index is 0.864. The predicted octanol–water partition coefficient (Wildman–Crippen LogP) is 3.55. The summed E-state index contributed by atoms with van der Waals surface area (Å²) < 4.78 is 5.16. The third-order valence-electron chi connectivity index (χ3n) is 5.06. The number of hydrogen-bond acceptors (Lipinski definition) is 2. The van der Waals surface area contributed by atoms with E-state index in [2.05, 4.69) is 229 Å². The van der Waals surface area contributed by atoms with Gasteiger partial charge in [-0.1, -0.05) is 24.3 Å². The molecular formula is C52H14N2O. The summed E-state index contributed by atoms with van der Waals surface area (Å²) in [7, 11) is 1.67. The number of nitrogens with one attached hydrogen (secondary N) is 1. The maximum absolute atomic E-state index is 5.16. The van der Waals surface area contributed by atoms with Crippen molar-refractivity contribution in [1.29, 1.82) is 0 Å². The van der Waals surface area contributed by atoms with Gasteiger partial charge in [-0.2, -0.15) is 0 Å². The fourth-order valence-corrected chi connectivity index (χ4v) is 3.04. The van der Waals surface area contributed by atoms with Crippen molar-refractivity contribution in [2.45, 2.75) is 0 Å². The number of imidazole rings is 1. The third kappa shape index (κ3) is 20.4. The SMILES string of the molecule is C#CC#CC#CC#CC#CC#CC#CC#CC#CC#CC#CC#CC#CC#CC#CC#CC#CC#CC#C.COc1ccc(-c2cccc3[nH]cnc23)cc1. The van der Waals surface area contributed by atoms with Gasteiger partial charge in [-0.25, -0.2) is 4.98 Å². The lowest BCUT2D eigenvalue weighted by atomic mass is 10.0. The van der Waals surface area contributed by atoms with E-state index >= 15 is 0 Å². The Hall–Kier alpha value is -10.7. The molecule has 3 aromatic rings. The first-order chi connectivity index (χ1) is 27.3. The van der Waals surface area contributed by atoms with Crippen LogP contribution in [0.5, 0.6) is 5.75 Å². The Morgan fingerprint density at radius 3 is 1.02 bits per heavy atom. The highest BCUT2D eigenvalue weighted by atomic mass is 16.5. The molecule has 55 heavy (non-hydrogen) atoms. The van der Waals surface area contributed by atoms with Gasteiger partial charge in [0, 0.05) is 124 Å². The smallest absolute Gasteiger partial charge is 0.118 e. The zero-order chi connectivity index (χ0) is 39.1. The van der Waals surface area contributed by atoms with Gasteiger partial charge in [-0.15, -0.1) is 12.8 Å². The molecule has 1 N–H and O–H groups in total. The maximum atomic E-state index is 5.16. The number of nitrogens with zero attached hydrogens (tertiary/aromatic N) is 1. The molecule has 0 unspecified atom stereocenters. The van der Waals surface area contributed by atoms with Crippen LogP contribution in [0.1, 0.15) is 0 Å². The molecule has 0 saturated carbocycles. The zero-order valence-electron chi connectivity index (χ0n) is 28.6. The summed E-state index contributed by atoms with van der Waals surface area (Å²) in [5.74, 6) is 89.0. The molecule has 0 atom stereocenters. The van der Waals surface area contributed by atoms with Crippen molar-refractivity contribution >= 4 is 11.0 Å². The first-order valence-electron chi connectivity index (χ1n) is 14.8.